The Morgan fingerprint density at radius 1 is 1.37 bits per heavy atom. The summed E-state index contributed by atoms with van der Waals surface area (Å²) in [6.07, 6.45) is 0.560. The lowest BCUT2D eigenvalue weighted by Crippen LogP contribution is -2.30. The molecule has 1 rings (SSSR count). The zero-order valence-corrected chi connectivity index (χ0v) is 12.9. The minimum atomic E-state index is -3.44. The van der Waals surface area contributed by atoms with Crippen molar-refractivity contribution in [3.05, 3.63) is 33.8 Å². The predicted octanol–water partition coefficient (Wildman–Crippen LogP) is 2.43. The molecule has 0 amide bonds. The highest BCUT2D eigenvalue weighted by atomic mass is 35.5. The van der Waals surface area contributed by atoms with Crippen LogP contribution in [-0.2, 0) is 15.8 Å². The van der Waals surface area contributed by atoms with Gasteiger partial charge >= 0.3 is 0 Å². The molecule has 0 radical (unpaired) electrons. The van der Waals surface area contributed by atoms with E-state index in [1.807, 2.05) is 6.92 Å². The lowest BCUT2D eigenvalue weighted by atomic mass is 10.1. The minimum Gasteiger partial charge on any atom is -0.396 e. The molecule has 108 valence electrons. The van der Waals surface area contributed by atoms with E-state index in [1.165, 1.54) is 6.07 Å². The van der Waals surface area contributed by atoms with Crippen LogP contribution in [0.5, 0.6) is 0 Å². The molecule has 7 heteroatoms. The Bertz CT molecular complexity index is 520. The van der Waals surface area contributed by atoms with Crippen molar-refractivity contribution in [3.8, 4) is 0 Å². The fourth-order valence-electron chi connectivity index (χ4n) is 1.49. The SMILES string of the molecule is CC(CCO)CNS(=O)(=O)Cc1ccc(Cl)cc1Cl. The Morgan fingerprint density at radius 2 is 2.05 bits per heavy atom. The van der Waals surface area contributed by atoms with Gasteiger partial charge in [0.05, 0.1) is 5.75 Å². The summed E-state index contributed by atoms with van der Waals surface area (Å²) in [4.78, 5) is 0. The van der Waals surface area contributed by atoms with Crippen LogP contribution in [0.4, 0.5) is 0 Å². The highest BCUT2D eigenvalue weighted by molar-refractivity contribution is 7.88. The van der Waals surface area contributed by atoms with Gasteiger partial charge in [0, 0.05) is 23.2 Å². The Balaban J connectivity index is 2.64. The van der Waals surface area contributed by atoms with Gasteiger partial charge < -0.3 is 5.11 Å². The highest BCUT2D eigenvalue weighted by Gasteiger charge is 2.15. The Kier molecular flexibility index (Phi) is 6.56. The van der Waals surface area contributed by atoms with Crippen molar-refractivity contribution in [2.75, 3.05) is 13.2 Å². The number of nitrogens with one attached hydrogen (secondary N) is 1. The van der Waals surface area contributed by atoms with E-state index in [-0.39, 0.29) is 18.3 Å². The Hall–Kier alpha value is -0.330. The maximum absolute atomic E-state index is 11.9. The molecule has 2 N–H and O–H groups in total. The van der Waals surface area contributed by atoms with E-state index in [0.29, 0.717) is 28.6 Å². The molecule has 1 aromatic rings. The average Bonchev–Trinajstić information content (AvgIpc) is 2.31. The van der Waals surface area contributed by atoms with Crippen molar-refractivity contribution in [2.45, 2.75) is 19.1 Å². The number of halogens is 2. The van der Waals surface area contributed by atoms with Crippen molar-refractivity contribution >= 4 is 33.2 Å². The molecule has 0 saturated heterocycles. The Labute approximate surface area is 123 Å². The predicted molar refractivity (Wildman–Crippen MR) is 78.0 cm³/mol. The van der Waals surface area contributed by atoms with Crippen LogP contribution in [0.1, 0.15) is 18.9 Å². The third-order valence-corrected chi connectivity index (χ3v) is 4.52. The quantitative estimate of drug-likeness (QED) is 0.809. The third-order valence-electron chi connectivity index (χ3n) is 2.63. The summed E-state index contributed by atoms with van der Waals surface area (Å²) in [5.41, 5.74) is 0.508. The van der Waals surface area contributed by atoms with E-state index >= 15 is 0 Å². The summed E-state index contributed by atoms with van der Waals surface area (Å²) in [6.45, 7) is 2.22. The summed E-state index contributed by atoms with van der Waals surface area (Å²) in [5, 5.41) is 9.56. The van der Waals surface area contributed by atoms with Crippen LogP contribution >= 0.6 is 23.2 Å². The topological polar surface area (TPSA) is 66.4 Å². The van der Waals surface area contributed by atoms with E-state index in [4.69, 9.17) is 28.3 Å². The molecule has 0 aliphatic rings. The number of hydrogen-bond acceptors (Lipinski definition) is 3. The molecule has 0 heterocycles. The highest BCUT2D eigenvalue weighted by Crippen LogP contribution is 2.22. The van der Waals surface area contributed by atoms with Crippen LogP contribution in [0.2, 0.25) is 10.0 Å². The lowest BCUT2D eigenvalue weighted by molar-refractivity contribution is 0.263. The Morgan fingerprint density at radius 3 is 2.63 bits per heavy atom. The van der Waals surface area contributed by atoms with Gasteiger partial charge in [0.2, 0.25) is 10.0 Å². The molecule has 0 bridgehead atoms. The van der Waals surface area contributed by atoms with E-state index in [1.54, 1.807) is 12.1 Å². The van der Waals surface area contributed by atoms with Crippen molar-refractivity contribution in [2.24, 2.45) is 5.92 Å². The normalized spacial score (nSPS) is 13.5. The summed E-state index contributed by atoms with van der Waals surface area (Å²) in [6, 6.07) is 4.72. The second-order valence-electron chi connectivity index (χ2n) is 4.46. The van der Waals surface area contributed by atoms with E-state index in [0.717, 1.165) is 0 Å². The monoisotopic (exact) mass is 325 g/mol. The van der Waals surface area contributed by atoms with Gasteiger partial charge in [-0.2, -0.15) is 0 Å². The van der Waals surface area contributed by atoms with Gasteiger partial charge in [0.15, 0.2) is 0 Å². The summed E-state index contributed by atoms with van der Waals surface area (Å²) >= 11 is 11.7. The van der Waals surface area contributed by atoms with Crippen LogP contribution in [0.25, 0.3) is 0 Å². The first kappa shape index (κ1) is 16.7. The van der Waals surface area contributed by atoms with Crippen LogP contribution in [0.15, 0.2) is 18.2 Å². The largest absolute Gasteiger partial charge is 0.396 e. The number of aliphatic hydroxyl groups is 1. The van der Waals surface area contributed by atoms with E-state index in [9.17, 15) is 8.42 Å². The fraction of sp³-hybridized carbons (Fsp3) is 0.500. The third kappa shape index (κ3) is 6.10. The molecule has 0 spiro atoms. The number of rotatable bonds is 7. The van der Waals surface area contributed by atoms with Crippen molar-refractivity contribution < 1.29 is 13.5 Å². The molecule has 0 aromatic heterocycles. The van der Waals surface area contributed by atoms with Gasteiger partial charge in [0.1, 0.15) is 0 Å². The smallest absolute Gasteiger partial charge is 0.215 e. The molecular weight excluding hydrogens is 309 g/mol. The standard InChI is InChI=1S/C12H17Cl2NO3S/c1-9(4-5-16)7-15-19(17,18)8-10-2-3-11(13)6-12(10)14/h2-3,6,9,15-16H,4-5,7-8H2,1H3. The molecule has 0 aliphatic carbocycles. The molecule has 0 fully saturated rings. The van der Waals surface area contributed by atoms with Crippen LogP contribution in [-0.4, -0.2) is 26.7 Å². The van der Waals surface area contributed by atoms with Gasteiger partial charge in [-0.3, -0.25) is 0 Å². The maximum Gasteiger partial charge on any atom is 0.215 e. The zero-order valence-electron chi connectivity index (χ0n) is 10.6. The first-order chi connectivity index (χ1) is 8.84. The molecule has 1 unspecified atom stereocenters. The number of sulfonamides is 1. The summed E-state index contributed by atoms with van der Waals surface area (Å²) in [7, 11) is -3.44. The molecule has 1 aromatic carbocycles. The van der Waals surface area contributed by atoms with Gasteiger partial charge in [-0.15, -0.1) is 0 Å². The first-order valence-electron chi connectivity index (χ1n) is 5.86. The molecular formula is C12H17Cl2NO3S. The average molecular weight is 326 g/mol. The van der Waals surface area contributed by atoms with Crippen molar-refractivity contribution in [1.82, 2.24) is 4.72 Å². The minimum absolute atomic E-state index is 0.0475. The van der Waals surface area contributed by atoms with E-state index in [2.05, 4.69) is 4.72 Å². The van der Waals surface area contributed by atoms with Gasteiger partial charge in [0.25, 0.3) is 0 Å². The van der Waals surface area contributed by atoms with Crippen molar-refractivity contribution in [1.29, 1.82) is 0 Å². The maximum atomic E-state index is 11.9. The van der Waals surface area contributed by atoms with Gasteiger partial charge in [-0.25, -0.2) is 13.1 Å². The first-order valence-corrected chi connectivity index (χ1v) is 8.27. The second kappa shape index (κ2) is 7.45. The molecule has 19 heavy (non-hydrogen) atoms. The van der Waals surface area contributed by atoms with Gasteiger partial charge in [-0.1, -0.05) is 36.2 Å². The number of benzene rings is 1. The molecule has 0 saturated carbocycles. The van der Waals surface area contributed by atoms with Crippen LogP contribution < -0.4 is 4.72 Å². The van der Waals surface area contributed by atoms with Gasteiger partial charge in [-0.05, 0) is 30.0 Å². The number of hydrogen-bond donors (Lipinski definition) is 2. The molecule has 4 nitrogen and oxygen atoms in total. The van der Waals surface area contributed by atoms with Crippen LogP contribution in [0.3, 0.4) is 0 Å². The van der Waals surface area contributed by atoms with Crippen molar-refractivity contribution in [3.63, 3.8) is 0 Å². The van der Waals surface area contributed by atoms with Crippen LogP contribution in [0, 0.1) is 5.92 Å². The molecule has 0 aliphatic heterocycles. The molecule has 1 atom stereocenters. The fourth-order valence-corrected chi connectivity index (χ4v) is 3.34. The summed E-state index contributed by atoms with van der Waals surface area (Å²) in [5.74, 6) is -0.102. The zero-order chi connectivity index (χ0) is 14.5. The summed E-state index contributed by atoms with van der Waals surface area (Å²) < 4.78 is 26.3. The van der Waals surface area contributed by atoms with E-state index < -0.39 is 10.0 Å². The lowest BCUT2D eigenvalue weighted by Gasteiger charge is -2.12. The second-order valence-corrected chi connectivity index (χ2v) is 7.11. The number of aliphatic hydroxyl groups excluding tert-OH is 1.